The van der Waals surface area contributed by atoms with Crippen LogP contribution in [0.15, 0.2) is 46.2 Å². The van der Waals surface area contributed by atoms with Gasteiger partial charge in [0.05, 0.1) is 10.0 Å². The van der Waals surface area contributed by atoms with Crippen molar-refractivity contribution >= 4 is 35.0 Å². The molecule has 0 N–H and O–H groups in total. The molecule has 106 valence electrons. The highest BCUT2D eigenvalue weighted by molar-refractivity contribution is 7.99. The minimum absolute atomic E-state index is 0.222. The molecule has 0 spiro atoms. The van der Waals surface area contributed by atoms with E-state index in [0.717, 1.165) is 15.4 Å². The zero-order valence-corrected chi connectivity index (χ0v) is 13.5. The molecule has 0 radical (unpaired) electrons. The number of halogens is 3. The molecule has 0 saturated heterocycles. The molecular weight excluding hydrogens is 316 g/mol. The number of hydrogen-bond donors (Lipinski definition) is 0. The molecule has 0 atom stereocenters. The van der Waals surface area contributed by atoms with Crippen LogP contribution in [0.3, 0.4) is 0 Å². The van der Waals surface area contributed by atoms with Crippen LogP contribution in [0.25, 0.3) is 0 Å². The van der Waals surface area contributed by atoms with Crippen LogP contribution in [0.2, 0.25) is 10.0 Å². The summed E-state index contributed by atoms with van der Waals surface area (Å²) in [6, 6.07) is 10.3. The van der Waals surface area contributed by atoms with Gasteiger partial charge in [-0.15, -0.1) is 0 Å². The van der Waals surface area contributed by atoms with Crippen LogP contribution in [0.4, 0.5) is 4.39 Å². The molecule has 0 aromatic heterocycles. The van der Waals surface area contributed by atoms with E-state index < -0.39 is 0 Å². The van der Waals surface area contributed by atoms with Gasteiger partial charge in [-0.25, -0.2) is 4.39 Å². The number of hydrogen-bond acceptors (Lipinski definition) is 2. The number of rotatable bonds is 4. The lowest BCUT2D eigenvalue weighted by atomic mass is 10.2. The summed E-state index contributed by atoms with van der Waals surface area (Å²) in [5.74, 6) is -0.222. The minimum atomic E-state index is -0.222. The summed E-state index contributed by atoms with van der Waals surface area (Å²) < 4.78 is 13.4. The second-order valence-corrected chi connectivity index (χ2v) is 6.60. The predicted molar refractivity (Wildman–Crippen MR) is 84.4 cm³/mol. The van der Waals surface area contributed by atoms with Crippen LogP contribution in [-0.2, 0) is 6.54 Å². The fourth-order valence-corrected chi connectivity index (χ4v) is 3.10. The highest BCUT2D eigenvalue weighted by Gasteiger charge is 2.08. The smallest absolute Gasteiger partial charge is 0.123 e. The van der Waals surface area contributed by atoms with Gasteiger partial charge >= 0.3 is 0 Å². The SMILES string of the molecule is CN(C)Cc1cc(F)ccc1Sc1ccc(Cl)c(Cl)c1. The molecule has 0 aliphatic carbocycles. The normalized spacial score (nSPS) is 11.1. The monoisotopic (exact) mass is 329 g/mol. The average molecular weight is 330 g/mol. The maximum Gasteiger partial charge on any atom is 0.123 e. The lowest BCUT2D eigenvalue weighted by molar-refractivity contribution is 0.398. The van der Waals surface area contributed by atoms with E-state index in [4.69, 9.17) is 23.2 Å². The van der Waals surface area contributed by atoms with Gasteiger partial charge in [0.1, 0.15) is 5.82 Å². The average Bonchev–Trinajstić information content (AvgIpc) is 2.36. The number of benzene rings is 2. The molecule has 2 aromatic rings. The van der Waals surface area contributed by atoms with Crippen molar-refractivity contribution in [1.82, 2.24) is 4.90 Å². The van der Waals surface area contributed by atoms with Crippen LogP contribution < -0.4 is 0 Å². The Kier molecular flexibility index (Phi) is 5.33. The zero-order chi connectivity index (χ0) is 14.7. The molecule has 5 heteroatoms. The van der Waals surface area contributed by atoms with Crippen molar-refractivity contribution in [2.75, 3.05) is 14.1 Å². The van der Waals surface area contributed by atoms with Gasteiger partial charge in [0, 0.05) is 16.3 Å². The molecule has 0 unspecified atom stereocenters. The van der Waals surface area contributed by atoms with Crippen molar-refractivity contribution in [3.05, 3.63) is 57.8 Å². The Morgan fingerprint density at radius 2 is 1.80 bits per heavy atom. The van der Waals surface area contributed by atoms with Crippen LogP contribution in [0.1, 0.15) is 5.56 Å². The quantitative estimate of drug-likeness (QED) is 0.744. The maximum absolute atomic E-state index is 13.4. The van der Waals surface area contributed by atoms with Crippen LogP contribution >= 0.6 is 35.0 Å². The summed E-state index contributed by atoms with van der Waals surface area (Å²) >= 11 is 13.5. The molecule has 1 nitrogen and oxygen atoms in total. The van der Waals surface area contributed by atoms with Gasteiger partial charge in [0.2, 0.25) is 0 Å². The van der Waals surface area contributed by atoms with Gasteiger partial charge in [-0.3, -0.25) is 0 Å². The van der Waals surface area contributed by atoms with Gasteiger partial charge in [0.25, 0.3) is 0 Å². The molecule has 0 heterocycles. The van der Waals surface area contributed by atoms with Gasteiger partial charge in [-0.05, 0) is 56.1 Å². The first-order valence-corrected chi connectivity index (χ1v) is 7.59. The Balaban J connectivity index is 2.30. The van der Waals surface area contributed by atoms with E-state index in [1.165, 1.54) is 6.07 Å². The Morgan fingerprint density at radius 1 is 1.05 bits per heavy atom. The predicted octanol–water partition coefficient (Wildman–Crippen LogP) is 5.35. The fourth-order valence-electron chi connectivity index (χ4n) is 1.78. The summed E-state index contributed by atoms with van der Waals surface area (Å²) in [5, 5.41) is 1.05. The Hall–Kier alpha value is -0.740. The second kappa shape index (κ2) is 6.81. The fraction of sp³-hybridized carbons (Fsp3) is 0.200. The van der Waals surface area contributed by atoms with Crippen LogP contribution in [0, 0.1) is 5.82 Å². The molecule has 20 heavy (non-hydrogen) atoms. The van der Waals surface area contributed by atoms with Gasteiger partial charge in [0.15, 0.2) is 0 Å². The molecule has 0 fully saturated rings. The van der Waals surface area contributed by atoms with E-state index in [1.807, 2.05) is 31.1 Å². The van der Waals surface area contributed by atoms with Crippen LogP contribution in [0.5, 0.6) is 0 Å². The van der Waals surface area contributed by atoms with E-state index in [1.54, 1.807) is 30.0 Å². The third-order valence-electron chi connectivity index (χ3n) is 2.63. The molecule has 0 aliphatic rings. The van der Waals surface area contributed by atoms with Crippen molar-refractivity contribution < 1.29 is 4.39 Å². The standard InChI is InChI=1S/C15H14Cl2FNS/c1-19(2)9-10-7-11(18)3-6-15(10)20-12-4-5-13(16)14(17)8-12/h3-8H,9H2,1-2H3. The molecule has 0 amide bonds. The Bertz CT molecular complexity index is 617. The van der Waals surface area contributed by atoms with E-state index in [0.29, 0.717) is 16.6 Å². The molecule has 0 aliphatic heterocycles. The van der Waals surface area contributed by atoms with E-state index in [-0.39, 0.29) is 5.82 Å². The molecular formula is C15H14Cl2FNS. The van der Waals surface area contributed by atoms with E-state index in [2.05, 4.69) is 0 Å². The molecule has 2 aromatic carbocycles. The van der Waals surface area contributed by atoms with Crippen molar-refractivity contribution in [3.63, 3.8) is 0 Å². The summed E-state index contributed by atoms with van der Waals surface area (Å²) in [6.45, 7) is 0.682. The Labute approximate surface area is 132 Å². The third-order valence-corrected chi connectivity index (χ3v) is 4.47. The summed E-state index contributed by atoms with van der Waals surface area (Å²) in [5.41, 5.74) is 0.950. The van der Waals surface area contributed by atoms with E-state index in [9.17, 15) is 4.39 Å². The largest absolute Gasteiger partial charge is 0.305 e. The first kappa shape index (κ1) is 15.6. The maximum atomic E-state index is 13.4. The second-order valence-electron chi connectivity index (χ2n) is 4.67. The lowest BCUT2D eigenvalue weighted by Crippen LogP contribution is -2.11. The highest BCUT2D eigenvalue weighted by Crippen LogP contribution is 2.34. The Morgan fingerprint density at radius 3 is 2.45 bits per heavy atom. The third kappa shape index (κ3) is 4.13. The van der Waals surface area contributed by atoms with E-state index >= 15 is 0 Å². The molecule has 2 rings (SSSR count). The summed E-state index contributed by atoms with van der Waals surface area (Å²) in [4.78, 5) is 4.00. The van der Waals surface area contributed by atoms with Crippen LogP contribution in [-0.4, -0.2) is 19.0 Å². The highest BCUT2D eigenvalue weighted by atomic mass is 35.5. The first-order chi connectivity index (χ1) is 9.45. The number of nitrogens with zero attached hydrogens (tertiary/aromatic N) is 1. The minimum Gasteiger partial charge on any atom is -0.305 e. The van der Waals surface area contributed by atoms with Crippen molar-refractivity contribution in [3.8, 4) is 0 Å². The van der Waals surface area contributed by atoms with Crippen molar-refractivity contribution in [2.45, 2.75) is 16.3 Å². The van der Waals surface area contributed by atoms with Gasteiger partial charge < -0.3 is 4.90 Å². The molecule has 0 saturated carbocycles. The van der Waals surface area contributed by atoms with Crippen molar-refractivity contribution in [1.29, 1.82) is 0 Å². The first-order valence-electron chi connectivity index (χ1n) is 6.02. The summed E-state index contributed by atoms with van der Waals surface area (Å²) in [6.07, 6.45) is 0. The topological polar surface area (TPSA) is 3.24 Å². The van der Waals surface area contributed by atoms with Crippen molar-refractivity contribution in [2.24, 2.45) is 0 Å². The summed E-state index contributed by atoms with van der Waals surface area (Å²) in [7, 11) is 3.91. The van der Waals surface area contributed by atoms with Gasteiger partial charge in [-0.1, -0.05) is 35.0 Å². The van der Waals surface area contributed by atoms with Gasteiger partial charge in [-0.2, -0.15) is 0 Å². The molecule has 0 bridgehead atoms. The lowest BCUT2D eigenvalue weighted by Gasteiger charge is -2.14. The zero-order valence-electron chi connectivity index (χ0n) is 11.2.